The van der Waals surface area contributed by atoms with Crippen molar-refractivity contribution in [2.45, 2.75) is 32.5 Å². The molecule has 1 N–H and O–H groups in total. The van der Waals surface area contributed by atoms with Gasteiger partial charge in [-0.2, -0.15) is 0 Å². The number of hydrogen-bond donors (Lipinski definition) is 1. The first-order chi connectivity index (χ1) is 14.3. The summed E-state index contributed by atoms with van der Waals surface area (Å²) in [7, 11) is 0. The van der Waals surface area contributed by atoms with Gasteiger partial charge < -0.3 is 14.8 Å². The molecule has 4 rings (SSSR count). The molecule has 0 aliphatic carbocycles. The number of nitrogens with one attached hydrogen (secondary N) is 1. The fraction of sp³-hybridized carbons (Fsp3) is 0.500. The lowest BCUT2D eigenvalue weighted by Crippen LogP contribution is -2.49. The van der Waals surface area contributed by atoms with E-state index in [4.69, 9.17) is 9.47 Å². The third kappa shape index (κ3) is 5.50. The largest absolute Gasteiger partial charge is 0.490 e. The topological polar surface area (TPSA) is 37.0 Å². The third-order valence-electron chi connectivity index (χ3n) is 5.87. The zero-order chi connectivity index (χ0) is 19.9. The molecule has 0 bridgehead atoms. The maximum absolute atomic E-state index is 6.05. The van der Waals surface area contributed by atoms with Gasteiger partial charge in [0, 0.05) is 51.9 Å². The monoisotopic (exact) mass is 395 g/mol. The van der Waals surface area contributed by atoms with Gasteiger partial charge >= 0.3 is 0 Å². The van der Waals surface area contributed by atoms with E-state index in [0.717, 1.165) is 43.2 Å². The molecule has 0 spiro atoms. The average molecular weight is 396 g/mol. The third-order valence-corrected chi connectivity index (χ3v) is 5.87. The van der Waals surface area contributed by atoms with Gasteiger partial charge in [0.2, 0.25) is 0 Å². The highest BCUT2D eigenvalue weighted by Crippen LogP contribution is 2.30. The molecule has 5 nitrogen and oxygen atoms in total. The summed E-state index contributed by atoms with van der Waals surface area (Å²) in [5, 5.41) is 3.45. The molecule has 2 saturated heterocycles. The van der Waals surface area contributed by atoms with Crippen molar-refractivity contribution in [3.05, 3.63) is 59.7 Å². The molecule has 0 radical (unpaired) electrons. The van der Waals surface area contributed by atoms with Crippen LogP contribution in [0.4, 0.5) is 0 Å². The lowest BCUT2D eigenvalue weighted by molar-refractivity contribution is 0.170. The van der Waals surface area contributed by atoms with Crippen LogP contribution in [0.5, 0.6) is 11.5 Å². The van der Waals surface area contributed by atoms with Gasteiger partial charge in [0.1, 0.15) is 6.61 Å². The standard InChI is InChI=1S/C24H33N3O2/c1-2-28-24-16-21(8-9-23(24)29-19-20-6-4-3-5-7-20)17-26-13-10-22(18-26)27-14-11-25-12-15-27/h3-9,16,22,25H,2,10-15,17-19H2,1H3. The molecule has 2 aromatic rings. The van der Waals surface area contributed by atoms with E-state index in [1.807, 2.05) is 25.1 Å². The summed E-state index contributed by atoms with van der Waals surface area (Å²) in [5.74, 6) is 1.67. The minimum atomic E-state index is 0.554. The summed E-state index contributed by atoms with van der Waals surface area (Å²) in [6.45, 7) is 11.1. The predicted molar refractivity (Wildman–Crippen MR) is 117 cm³/mol. The Balaban J connectivity index is 1.36. The minimum absolute atomic E-state index is 0.554. The fourth-order valence-electron chi connectivity index (χ4n) is 4.33. The molecule has 2 aromatic carbocycles. The van der Waals surface area contributed by atoms with Crippen molar-refractivity contribution in [2.24, 2.45) is 0 Å². The molecule has 0 saturated carbocycles. The van der Waals surface area contributed by atoms with Gasteiger partial charge in [0.25, 0.3) is 0 Å². The highest BCUT2D eigenvalue weighted by Gasteiger charge is 2.28. The summed E-state index contributed by atoms with van der Waals surface area (Å²) >= 11 is 0. The molecule has 1 unspecified atom stereocenters. The van der Waals surface area contributed by atoms with Crippen LogP contribution < -0.4 is 14.8 Å². The lowest BCUT2D eigenvalue weighted by Gasteiger charge is -2.32. The number of piperazine rings is 1. The maximum Gasteiger partial charge on any atom is 0.161 e. The van der Waals surface area contributed by atoms with Crippen LogP contribution in [-0.2, 0) is 13.2 Å². The van der Waals surface area contributed by atoms with E-state index in [9.17, 15) is 0 Å². The second-order valence-electron chi connectivity index (χ2n) is 7.95. The van der Waals surface area contributed by atoms with Crippen LogP contribution in [0.2, 0.25) is 0 Å². The van der Waals surface area contributed by atoms with Crippen molar-refractivity contribution < 1.29 is 9.47 Å². The first-order valence-electron chi connectivity index (χ1n) is 10.9. The van der Waals surface area contributed by atoms with E-state index in [0.29, 0.717) is 19.3 Å². The van der Waals surface area contributed by atoms with Crippen molar-refractivity contribution in [1.82, 2.24) is 15.1 Å². The zero-order valence-electron chi connectivity index (χ0n) is 17.5. The van der Waals surface area contributed by atoms with E-state index in [1.54, 1.807) is 0 Å². The lowest BCUT2D eigenvalue weighted by atomic mass is 10.2. The SMILES string of the molecule is CCOc1cc(CN2CCC(N3CCNCC3)C2)ccc1OCc1ccccc1. The normalized spacial score (nSPS) is 20.7. The van der Waals surface area contributed by atoms with E-state index in [-0.39, 0.29) is 0 Å². The Kier molecular flexibility index (Phi) is 7.04. The van der Waals surface area contributed by atoms with Crippen LogP contribution in [0.1, 0.15) is 24.5 Å². The number of nitrogens with zero attached hydrogens (tertiary/aromatic N) is 2. The highest BCUT2D eigenvalue weighted by molar-refractivity contribution is 5.43. The number of likely N-dealkylation sites (tertiary alicyclic amines) is 1. The Labute approximate surface area is 174 Å². The summed E-state index contributed by atoms with van der Waals surface area (Å²) in [6.07, 6.45) is 1.27. The molecule has 0 amide bonds. The Hall–Kier alpha value is -2.08. The van der Waals surface area contributed by atoms with Crippen molar-refractivity contribution in [1.29, 1.82) is 0 Å². The molecule has 2 aliphatic rings. The van der Waals surface area contributed by atoms with Gasteiger partial charge in [0.05, 0.1) is 6.61 Å². The van der Waals surface area contributed by atoms with Crippen LogP contribution in [0.25, 0.3) is 0 Å². The van der Waals surface area contributed by atoms with Gasteiger partial charge in [-0.3, -0.25) is 9.80 Å². The summed E-state index contributed by atoms with van der Waals surface area (Å²) in [5.41, 5.74) is 2.46. The Morgan fingerprint density at radius 1 is 0.931 bits per heavy atom. The van der Waals surface area contributed by atoms with E-state index in [1.165, 1.54) is 31.6 Å². The first-order valence-corrected chi connectivity index (χ1v) is 10.9. The van der Waals surface area contributed by atoms with Gasteiger partial charge in [-0.25, -0.2) is 0 Å². The average Bonchev–Trinajstić information content (AvgIpc) is 3.23. The van der Waals surface area contributed by atoms with Gasteiger partial charge in [0.15, 0.2) is 11.5 Å². The first kappa shape index (κ1) is 20.2. The van der Waals surface area contributed by atoms with Crippen molar-refractivity contribution in [2.75, 3.05) is 45.9 Å². The molecule has 2 heterocycles. The van der Waals surface area contributed by atoms with Crippen molar-refractivity contribution in [3.8, 4) is 11.5 Å². The van der Waals surface area contributed by atoms with Crippen LogP contribution >= 0.6 is 0 Å². The van der Waals surface area contributed by atoms with Crippen LogP contribution in [0.3, 0.4) is 0 Å². The van der Waals surface area contributed by atoms with Crippen LogP contribution in [-0.4, -0.2) is 61.7 Å². The van der Waals surface area contributed by atoms with E-state index < -0.39 is 0 Å². The highest BCUT2D eigenvalue weighted by atomic mass is 16.5. The number of benzene rings is 2. The number of ether oxygens (including phenoxy) is 2. The van der Waals surface area contributed by atoms with E-state index >= 15 is 0 Å². The Morgan fingerprint density at radius 2 is 1.76 bits per heavy atom. The van der Waals surface area contributed by atoms with Crippen molar-refractivity contribution >= 4 is 0 Å². The second kappa shape index (κ2) is 10.1. The number of rotatable bonds is 8. The molecule has 1 atom stereocenters. The van der Waals surface area contributed by atoms with Gasteiger partial charge in [-0.05, 0) is 36.6 Å². The number of hydrogen-bond acceptors (Lipinski definition) is 5. The summed E-state index contributed by atoms with van der Waals surface area (Å²) in [6, 6.07) is 17.4. The second-order valence-corrected chi connectivity index (χ2v) is 7.95. The zero-order valence-corrected chi connectivity index (χ0v) is 17.5. The molecule has 29 heavy (non-hydrogen) atoms. The smallest absolute Gasteiger partial charge is 0.161 e. The van der Waals surface area contributed by atoms with Crippen molar-refractivity contribution in [3.63, 3.8) is 0 Å². The van der Waals surface area contributed by atoms with Crippen LogP contribution in [0.15, 0.2) is 48.5 Å². The molecule has 156 valence electrons. The molecular weight excluding hydrogens is 362 g/mol. The molecule has 0 aromatic heterocycles. The predicted octanol–water partition coefficient (Wildman–Crippen LogP) is 3.14. The maximum atomic E-state index is 6.05. The quantitative estimate of drug-likeness (QED) is 0.743. The van der Waals surface area contributed by atoms with Gasteiger partial charge in [-0.1, -0.05) is 36.4 Å². The van der Waals surface area contributed by atoms with E-state index in [2.05, 4.69) is 45.4 Å². The fourth-order valence-corrected chi connectivity index (χ4v) is 4.33. The Bertz CT molecular complexity index is 762. The minimum Gasteiger partial charge on any atom is -0.490 e. The molecule has 2 aliphatic heterocycles. The van der Waals surface area contributed by atoms with Crippen LogP contribution in [0, 0.1) is 0 Å². The summed E-state index contributed by atoms with van der Waals surface area (Å²) < 4.78 is 11.9. The molecule has 5 heteroatoms. The molecule has 2 fully saturated rings. The van der Waals surface area contributed by atoms with Gasteiger partial charge in [-0.15, -0.1) is 0 Å². The molecular formula is C24H33N3O2. The Morgan fingerprint density at radius 3 is 2.55 bits per heavy atom. The summed E-state index contributed by atoms with van der Waals surface area (Å²) in [4.78, 5) is 5.23.